The van der Waals surface area contributed by atoms with Gasteiger partial charge in [-0.05, 0) is 30.3 Å². The molecule has 0 saturated heterocycles. The first-order valence-corrected chi connectivity index (χ1v) is 5.45. The van der Waals surface area contributed by atoms with Gasteiger partial charge >= 0.3 is 0 Å². The summed E-state index contributed by atoms with van der Waals surface area (Å²) in [7, 11) is 0. The topological polar surface area (TPSA) is 122 Å². The maximum Gasteiger partial charge on any atom is 0.256 e. The van der Waals surface area contributed by atoms with Crippen LogP contribution in [0.15, 0.2) is 36.4 Å². The second kappa shape index (κ2) is 4.77. The molecule has 0 spiro atoms. The fraction of sp³-hybridized carbons (Fsp3) is 0. The van der Waals surface area contributed by atoms with Gasteiger partial charge in [0.1, 0.15) is 17.2 Å². The number of amides is 1. The minimum absolute atomic E-state index is 0.0616. The van der Waals surface area contributed by atoms with Crippen LogP contribution in [-0.2, 0) is 0 Å². The van der Waals surface area contributed by atoms with Crippen molar-refractivity contribution in [1.29, 1.82) is 0 Å². The number of nitrogens with one attached hydrogen (secondary N) is 1. The number of para-hydroxylation sites is 1. The predicted molar refractivity (Wildman–Crippen MR) is 73.0 cm³/mol. The van der Waals surface area contributed by atoms with Crippen LogP contribution in [0.3, 0.4) is 0 Å². The molecule has 2 rings (SSSR count). The molecule has 0 aliphatic heterocycles. The van der Waals surface area contributed by atoms with Crippen LogP contribution in [0, 0.1) is 0 Å². The fourth-order valence-corrected chi connectivity index (χ4v) is 1.65. The SMILES string of the molecule is Nc1cc(N)cc(C(=O)Nc2c(O)cccc2O)c1. The van der Waals surface area contributed by atoms with Crippen molar-refractivity contribution in [1.82, 2.24) is 0 Å². The Morgan fingerprint density at radius 3 is 2.05 bits per heavy atom. The first-order chi connectivity index (χ1) is 8.97. The van der Waals surface area contributed by atoms with Crippen LogP contribution in [0.25, 0.3) is 0 Å². The number of hydrogen-bond donors (Lipinski definition) is 5. The number of carbonyl (C=O) groups excluding carboxylic acids is 1. The number of nitrogens with two attached hydrogens (primary N) is 2. The lowest BCUT2D eigenvalue weighted by molar-refractivity contribution is 0.102. The second-order valence-electron chi connectivity index (χ2n) is 4.01. The molecule has 0 fully saturated rings. The summed E-state index contributed by atoms with van der Waals surface area (Å²) in [5.41, 5.74) is 12.1. The summed E-state index contributed by atoms with van der Waals surface area (Å²) in [6.07, 6.45) is 0. The molecule has 19 heavy (non-hydrogen) atoms. The van der Waals surface area contributed by atoms with E-state index >= 15 is 0 Å². The number of carbonyl (C=O) groups is 1. The van der Waals surface area contributed by atoms with E-state index in [-0.39, 0.29) is 22.7 Å². The summed E-state index contributed by atoms with van der Waals surface area (Å²) < 4.78 is 0. The van der Waals surface area contributed by atoms with E-state index in [1.165, 1.54) is 36.4 Å². The van der Waals surface area contributed by atoms with Gasteiger partial charge in [-0.15, -0.1) is 0 Å². The van der Waals surface area contributed by atoms with E-state index in [1.54, 1.807) is 0 Å². The van der Waals surface area contributed by atoms with E-state index in [0.29, 0.717) is 11.4 Å². The number of anilines is 3. The highest BCUT2D eigenvalue weighted by molar-refractivity contribution is 6.06. The van der Waals surface area contributed by atoms with Crippen LogP contribution < -0.4 is 16.8 Å². The number of rotatable bonds is 2. The lowest BCUT2D eigenvalue weighted by Gasteiger charge is -2.10. The first-order valence-electron chi connectivity index (χ1n) is 5.45. The molecule has 0 heterocycles. The molecule has 2 aromatic carbocycles. The number of aromatic hydroxyl groups is 2. The Kier molecular flexibility index (Phi) is 3.15. The Balaban J connectivity index is 2.31. The number of nitrogen functional groups attached to an aromatic ring is 2. The minimum Gasteiger partial charge on any atom is -0.506 e. The van der Waals surface area contributed by atoms with E-state index in [9.17, 15) is 15.0 Å². The summed E-state index contributed by atoms with van der Waals surface area (Å²) in [5, 5.41) is 21.5. The van der Waals surface area contributed by atoms with Gasteiger partial charge in [0.05, 0.1) is 0 Å². The zero-order chi connectivity index (χ0) is 14.0. The van der Waals surface area contributed by atoms with Crippen molar-refractivity contribution >= 4 is 23.0 Å². The van der Waals surface area contributed by atoms with Crippen molar-refractivity contribution in [3.05, 3.63) is 42.0 Å². The Labute approximate surface area is 109 Å². The molecule has 0 radical (unpaired) electrons. The zero-order valence-corrected chi connectivity index (χ0v) is 9.92. The van der Waals surface area contributed by atoms with E-state index < -0.39 is 5.91 Å². The predicted octanol–water partition coefficient (Wildman–Crippen LogP) is 1.51. The van der Waals surface area contributed by atoms with Crippen LogP contribution in [-0.4, -0.2) is 16.1 Å². The summed E-state index contributed by atoms with van der Waals surface area (Å²) in [6, 6.07) is 8.57. The number of phenolic OH excluding ortho intramolecular Hbond substituents is 2. The van der Waals surface area contributed by atoms with Gasteiger partial charge < -0.3 is 27.0 Å². The summed E-state index contributed by atoms with van der Waals surface area (Å²) in [4.78, 5) is 12.0. The third kappa shape index (κ3) is 2.68. The Hall–Kier alpha value is -2.89. The first kappa shape index (κ1) is 12.6. The second-order valence-corrected chi connectivity index (χ2v) is 4.01. The van der Waals surface area contributed by atoms with Crippen LogP contribution in [0.5, 0.6) is 11.5 Å². The van der Waals surface area contributed by atoms with E-state index in [4.69, 9.17) is 11.5 Å². The Morgan fingerprint density at radius 2 is 1.53 bits per heavy atom. The molecule has 0 aliphatic rings. The van der Waals surface area contributed by atoms with Gasteiger partial charge in [0.25, 0.3) is 5.91 Å². The van der Waals surface area contributed by atoms with E-state index in [0.717, 1.165) is 0 Å². The quantitative estimate of drug-likeness (QED) is 0.413. The monoisotopic (exact) mass is 259 g/mol. The molecule has 1 amide bonds. The molecule has 0 bridgehead atoms. The van der Waals surface area contributed by atoms with E-state index in [1.807, 2.05) is 0 Å². The molecular formula is C13H13N3O3. The van der Waals surface area contributed by atoms with Crippen molar-refractivity contribution in [2.45, 2.75) is 0 Å². The molecule has 6 heteroatoms. The van der Waals surface area contributed by atoms with Gasteiger partial charge in [-0.2, -0.15) is 0 Å². The number of benzene rings is 2. The van der Waals surface area contributed by atoms with Gasteiger partial charge in [-0.3, -0.25) is 4.79 Å². The molecule has 0 aromatic heterocycles. The molecule has 0 unspecified atom stereocenters. The van der Waals surface area contributed by atoms with Gasteiger partial charge in [-0.25, -0.2) is 0 Å². The molecule has 6 nitrogen and oxygen atoms in total. The van der Waals surface area contributed by atoms with Crippen molar-refractivity contribution in [2.75, 3.05) is 16.8 Å². The zero-order valence-electron chi connectivity index (χ0n) is 9.92. The normalized spacial score (nSPS) is 10.1. The minimum atomic E-state index is -0.532. The molecule has 0 aliphatic carbocycles. The Bertz CT molecular complexity index is 601. The Morgan fingerprint density at radius 1 is 1.00 bits per heavy atom. The molecule has 2 aromatic rings. The molecule has 7 N–H and O–H groups in total. The highest BCUT2D eigenvalue weighted by Gasteiger charge is 2.13. The average Bonchev–Trinajstić information content (AvgIpc) is 2.32. The van der Waals surface area contributed by atoms with Crippen molar-refractivity contribution in [2.24, 2.45) is 0 Å². The summed E-state index contributed by atoms with van der Waals surface area (Å²) >= 11 is 0. The fourth-order valence-electron chi connectivity index (χ4n) is 1.65. The number of hydrogen-bond acceptors (Lipinski definition) is 5. The molecule has 0 atom stereocenters. The molecule has 98 valence electrons. The van der Waals surface area contributed by atoms with Crippen LogP contribution in [0.2, 0.25) is 0 Å². The maximum absolute atomic E-state index is 12.0. The summed E-state index contributed by atoms with van der Waals surface area (Å²) in [5.74, 6) is -0.994. The van der Waals surface area contributed by atoms with Crippen molar-refractivity contribution in [3.63, 3.8) is 0 Å². The van der Waals surface area contributed by atoms with Crippen molar-refractivity contribution in [3.8, 4) is 11.5 Å². The van der Waals surface area contributed by atoms with E-state index in [2.05, 4.69) is 5.32 Å². The van der Waals surface area contributed by atoms with Gasteiger partial charge in [-0.1, -0.05) is 6.07 Å². The summed E-state index contributed by atoms with van der Waals surface area (Å²) in [6.45, 7) is 0. The van der Waals surface area contributed by atoms with Crippen molar-refractivity contribution < 1.29 is 15.0 Å². The smallest absolute Gasteiger partial charge is 0.256 e. The standard InChI is InChI=1S/C13H13N3O3/c14-8-4-7(5-9(15)6-8)13(19)16-12-10(17)2-1-3-11(12)18/h1-6,17-18H,14-15H2,(H,16,19). The van der Waals surface area contributed by atoms with Crippen LogP contribution in [0.1, 0.15) is 10.4 Å². The third-order valence-corrected chi connectivity index (χ3v) is 2.50. The highest BCUT2D eigenvalue weighted by Crippen LogP contribution is 2.32. The molecule has 0 saturated carbocycles. The highest BCUT2D eigenvalue weighted by atomic mass is 16.3. The maximum atomic E-state index is 12.0. The largest absolute Gasteiger partial charge is 0.506 e. The van der Waals surface area contributed by atoms with Gasteiger partial charge in [0, 0.05) is 16.9 Å². The van der Waals surface area contributed by atoms with Gasteiger partial charge in [0.15, 0.2) is 0 Å². The van der Waals surface area contributed by atoms with Crippen LogP contribution >= 0.6 is 0 Å². The lowest BCUT2D eigenvalue weighted by Crippen LogP contribution is -2.13. The lowest BCUT2D eigenvalue weighted by atomic mass is 10.1. The third-order valence-electron chi connectivity index (χ3n) is 2.50. The molecular weight excluding hydrogens is 246 g/mol. The average molecular weight is 259 g/mol. The van der Waals surface area contributed by atoms with Crippen LogP contribution in [0.4, 0.5) is 17.1 Å². The van der Waals surface area contributed by atoms with Gasteiger partial charge in [0.2, 0.25) is 0 Å². The number of phenols is 2.